The van der Waals surface area contributed by atoms with Gasteiger partial charge in [0.2, 0.25) is 0 Å². The van der Waals surface area contributed by atoms with E-state index in [1.807, 2.05) is 18.3 Å². The van der Waals surface area contributed by atoms with Gasteiger partial charge in [-0.2, -0.15) is 0 Å². The lowest BCUT2D eigenvalue weighted by Gasteiger charge is -2.10. The average molecular weight is 276 g/mol. The molecule has 102 valence electrons. The number of nitrogens with one attached hydrogen (secondary N) is 1. The van der Waals surface area contributed by atoms with E-state index in [9.17, 15) is 0 Å². The van der Waals surface area contributed by atoms with E-state index in [1.165, 1.54) is 11.1 Å². The van der Waals surface area contributed by atoms with Crippen LogP contribution in [0.15, 0.2) is 40.1 Å². The summed E-state index contributed by atoms with van der Waals surface area (Å²) in [4.78, 5) is 4.54. The van der Waals surface area contributed by atoms with Crippen LogP contribution in [0.2, 0.25) is 0 Å². The molecule has 2 rings (SSSR count). The van der Waals surface area contributed by atoms with Crippen molar-refractivity contribution in [1.82, 2.24) is 10.3 Å². The van der Waals surface area contributed by atoms with E-state index in [0.29, 0.717) is 6.04 Å². The largest absolute Gasteiger partial charge is 0.468 e. The first kappa shape index (κ1) is 14.2. The summed E-state index contributed by atoms with van der Waals surface area (Å²) in [7, 11) is 0. The Morgan fingerprint density at radius 2 is 2.26 bits per heavy atom. The van der Waals surface area contributed by atoms with Crippen molar-refractivity contribution >= 4 is 11.8 Å². The molecule has 0 atom stereocenters. The van der Waals surface area contributed by atoms with E-state index in [2.05, 4.69) is 37.1 Å². The molecular formula is C15H20N2OS. The number of rotatable bonds is 6. The lowest BCUT2D eigenvalue weighted by molar-refractivity contribution is 0.530. The maximum absolute atomic E-state index is 5.33. The van der Waals surface area contributed by atoms with Gasteiger partial charge in [0.15, 0.2) is 0 Å². The van der Waals surface area contributed by atoms with Crippen LogP contribution in [-0.2, 0) is 12.3 Å². The second-order valence-electron chi connectivity index (χ2n) is 4.87. The summed E-state index contributed by atoms with van der Waals surface area (Å²) in [5, 5.41) is 4.47. The van der Waals surface area contributed by atoms with Crippen molar-refractivity contribution in [2.75, 3.05) is 0 Å². The summed E-state index contributed by atoms with van der Waals surface area (Å²) in [5.41, 5.74) is 2.45. The minimum Gasteiger partial charge on any atom is -0.468 e. The van der Waals surface area contributed by atoms with Gasteiger partial charge in [0.1, 0.15) is 5.76 Å². The predicted molar refractivity (Wildman–Crippen MR) is 79.2 cm³/mol. The zero-order valence-corrected chi connectivity index (χ0v) is 12.5. The smallest absolute Gasteiger partial charge is 0.114 e. The van der Waals surface area contributed by atoms with Crippen molar-refractivity contribution in [3.8, 4) is 0 Å². The fraction of sp³-hybridized carbons (Fsp3) is 0.400. The number of aryl methyl sites for hydroxylation is 1. The molecule has 0 unspecified atom stereocenters. The van der Waals surface area contributed by atoms with E-state index in [-0.39, 0.29) is 0 Å². The minimum atomic E-state index is 0.494. The number of thioether (sulfide) groups is 1. The van der Waals surface area contributed by atoms with Gasteiger partial charge in [-0.05, 0) is 30.2 Å². The van der Waals surface area contributed by atoms with Crippen LogP contribution in [0, 0.1) is 6.92 Å². The summed E-state index contributed by atoms with van der Waals surface area (Å²) >= 11 is 1.71. The van der Waals surface area contributed by atoms with Gasteiger partial charge in [0, 0.05) is 18.8 Å². The Bertz CT molecular complexity index is 509. The fourth-order valence-electron chi connectivity index (χ4n) is 1.72. The van der Waals surface area contributed by atoms with Gasteiger partial charge < -0.3 is 9.73 Å². The SMILES string of the molecule is Cc1cc(CNC(C)C)cnc1SCc1ccco1. The summed E-state index contributed by atoms with van der Waals surface area (Å²) in [6, 6.07) is 6.60. The van der Waals surface area contributed by atoms with E-state index >= 15 is 0 Å². The van der Waals surface area contributed by atoms with Gasteiger partial charge in [0.25, 0.3) is 0 Å². The normalized spacial score (nSPS) is 11.2. The third-order valence-corrected chi connectivity index (χ3v) is 3.86. The highest BCUT2D eigenvalue weighted by molar-refractivity contribution is 7.98. The molecule has 2 aromatic rings. The summed E-state index contributed by atoms with van der Waals surface area (Å²) < 4.78 is 5.33. The van der Waals surface area contributed by atoms with Crippen molar-refractivity contribution < 1.29 is 4.42 Å². The lowest BCUT2D eigenvalue weighted by atomic mass is 10.2. The highest BCUT2D eigenvalue weighted by atomic mass is 32.2. The Morgan fingerprint density at radius 3 is 2.89 bits per heavy atom. The maximum Gasteiger partial charge on any atom is 0.114 e. The zero-order chi connectivity index (χ0) is 13.7. The van der Waals surface area contributed by atoms with Crippen LogP contribution in [0.3, 0.4) is 0 Å². The van der Waals surface area contributed by atoms with Gasteiger partial charge >= 0.3 is 0 Å². The van der Waals surface area contributed by atoms with Gasteiger partial charge in [0.05, 0.1) is 17.0 Å². The van der Waals surface area contributed by atoms with Gasteiger partial charge in [-0.3, -0.25) is 0 Å². The molecule has 3 nitrogen and oxygen atoms in total. The molecule has 0 aliphatic rings. The molecule has 19 heavy (non-hydrogen) atoms. The third kappa shape index (κ3) is 4.40. The topological polar surface area (TPSA) is 38.1 Å². The molecule has 0 saturated carbocycles. The molecule has 2 heterocycles. The van der Waals surface area contributed by atoms with E-state index in [1.54, 1.807) is 18.0 Å². The van der Waals surface area contributed by atoms with Crippen molar-refractivity contribution in [2.45, 2.75) is 44.1 Å². The molecule has 2 aromatic heterocycles. The molecule has 0 bridgehead atoms. The third-order valence-electron chi connectivity index (χ3n) is 2.73. The van der Waals surface area contributed by atoms with Crippen LogP contribution in [0.25, 0.3) is 0 Å². The first-order valence-electron chi connectivity index (χ1n) is 6.49. The predicted octanol–water partition coefficient (Wildman–Crippen LogP) is 3.77. The molecular weight excluding hydrogens is 256 g/mol. The van der Waals surface area contributed by atoms with Crippen LogP contribution >= 0.6 is 11.8 Å². The molecule has 4 heteroatoms. The molecule has 0 aliphatic carbocycles. The number of pyridine rings is 1. The molecule has 0 spiro atoms. The van der Waals surface area contributed by atoms with Crippen molar-refractivity contribution in [3.05, 3.63) is 47.5 Å². The van der Waals surface area contributed by atoms with Gasteiger partial charge in [-0.1, -0.05) is 31.7 Å². The lowest BCUT2D eigenvalue weighted by Crippen LogP contribution is -2.21. The van der Waals surface area contributed by atoms with Crippen molar-refractivity contribution in [3.63, 3.8) is 0 Å². The Morgan fingerprint density at radius 1 is 1.42 bits per heavy atom. The van der Waals surface area contributed by atoms with E-state index < -0.39 is 0 Å². The van der Waals surface area contributed by atoms with Gasteiger partial charge in [-0.15, -0.1) is 0 Å². The quantitative estimate of drug-likeness (QED) is 0.815. The Hall–Kier alpha value is -1.26. The monoisotopic (exact) mass is 276 g/mol. The molecule has 0 aromatic carbocycles. The number of nitrogens with zero attached hydrogens (tertiary/aromatic N) is 1. The van der Waals surface area contributed by atoms with Crippen molar-refractivity contribution in [1.29, 1.82) is 0 Å². The number of hydrogen-bond acceptors (Lipinski definition) is 4. The highest BCUT2D eigenvalue weighted by Crippen LogP contribution is 2.24. The molecule has 0 radical (unpaired) electrons. The van der Waals surface area contributed by atoms with Crippen LogP contribution in [0.5, 0.6) is 0 Å². The zero-order valence-electron chi connectivity index (χ0n) is 11.6. The number of furan rings is 1. The van der Waals surface area contributed by atoms with Gasteiger partial charge in [-0.25, -0.2) is 4.98 Å². The summed E-state index contributed by atoms with van der Waals surface area (Å²) in [6.45, 7) is 7.27. The van der Waals surface area contributed by atoms with Crippen LogP contribution in [0.1, 0.15) is 30.7 Å². The number of hydrogen-bond donors (Lipinski definition) is 1. The average Bonchev–Trinajstić information content (AvgIpc) is 2.88. The molecule has 1 N–H and O–H groups in total. The Balaban J connectivity index is 1.94. The van der Waals surface area contributed by atoms with Crippen LogP contribution in [-0.4, -0.2) is 11.0 Å². The van der Waals surface area contributed by atoms with Crippen LogP contribution < -0.4 is 5.32 Å². The Kier molecular flexibility index (Phi) is 5.05. The molecule has 0 amide bonds. The molecule has 0 fully saturated rings. The minimum absolute atomic E-state index is 0.494. The highest BCUT2D eigenvalue weighted by Gasteiger charge is 2.05. The number of aromatic nitrogens is 1. The first-order chi connectivity index (χ1) is 9.15. The maximum atomic E-state index is 5.33. The molecule has 0 aliphatic heterocycles. The fourth-order valence-corrected chi connectivity index (χ4v) is 2.58. The second kappa shape index (κ2) is 6.78. The first-order valence-corrected chi connectivity index (χ1v) is 7.48. The van der Waals surface area contributed by atoms with Crippen LogP contribution in [0.4, 0.5) is 0 Å². The van der Waals surface area contributed by atoms with Crippen molar-refractivity contribution in [2.24, 2.45) is 0 Å². The Labute approximate surface area is 118 Å². The van der Waals surface area contributed by atoms with E-state index in [0.717, 1.165) is 23.1 Å². The summed E-state index contributed by atoms with van der Waals surface area (Å²) in [5.74, 6) is 1.81. The van der Waals surface area contributed by atoms with E-state index in [4.69, 9.17) is 4.42 Å². The molecule has 0 saturated heterocycles. The standard InChI is InChI=1S/C15H20N2OS/c1-11(2)16-8-13-7-12(3)15(17-9-13)19-10-14-5-4-6-18-14/h4-7,9,11,16H,8,10H2,1-3H3. The second-order valence-corrected chi connectivity index (χ2v) is 5.83. The summed E-state index contributed by atoms with van der Waals surface area (Å²) in [6.07, 6.45) is 3.66.